The highest BCUT2D eigenvalue weighted by Crippen LogP contribution is 2.26. The van der Waals surface area contributed by atoms with Gasteiger partial charge in [-0.2, -0.15) is 0 Å². The molecular weight excluding hydrogens is 348 g/mol. The average molecular weight is 370 g/mol. The van der Waals surface area contributed by atoms with Gasteiger partial charge in [-0.05, 0) is 25.1 Å². The van der Waals surface area contributed by atoms with E-state index in [-0.39, 0.29) is 11.9 Å². The van der Waals surface area contributed by atoms with Gasteiger partial charge in [0, 0.05) is 35.1 Å². The Kier molecular flexibility index (Phi) is 5.06. The lowest BCUT2D eigenvalue weighted by atomic mass is 10.1. The summed E-state index contributed by atoms with van der Waals surface area (Å²) in [6, 6.07) is 12.0. The molecule has 0 bridgehead atoms. The van der Waals surface area contributed by atoms with Crippen LogP contribution >= 0.6 is 11.3 Å². The van der Waals surface area contributed by atoms with Gasteiger partial charge in [0.15, 0.2) is 0 Å². The average Bonchev–Trinajstić information content (AvgIpc) is 3.29. The second kappa shape index (κ2) is 7.61. The van der Waals surface area contributed by atoms with E-state index in [0.29, 0.717) is 19.8 Å². The van der Waals surface area contributed by atoms with E-state index in [1.165, 1.54) is 0 Å². The molecule has 0 spiro atoms. The van der Waals surface area contributed by atoms with Crippen molar-refractivity contribution >= 4 is 27.3 Å². The zero-order chi connectivity index (χ0) is 17.9. The van der Waals surface area contributed by atoms with E-state index in [9.17, 15) is 4.79 Å². The Morgan fingerprint density at radius 2 is 2.04 bits per heavy atom. The first-order valence-electron chi connectivity index (χ1n) is 8.85. The molecule has 3 aromatic rings. The maximum atomic E-state index is 12.8. The van der Waals surface area contributed by atoms with Crippen molar-refractivity contribution in [2.75, 3.05) is 32.8 Å². The van der Waals surface area contributed by atoms with Crippen LogP contribution in [0.1, 0.15) is 27.9 Å². The molecule has 1 amide bonds. The second-order valence-corrected chi connectivity index (χ2v) is 7.38. The maximum Gasteiger partial charge on any atom is 0.252 e. The lowest BCUT2D eigenvalue weighted by Crippen LogP contribution is -2.43. The largest absolute Gasteiger partial charge is 0.465 e. The first-order chi connectivity index (χ1) is 12.7. The van der Waals surface area contributed by atoms with Gasteiger partial charge in [0.1, 0.15) is 11.5 Å². The van der Waals surface area contributed by atoms with Crippen LogP contribution < -0.4 is 5.32 Å². The highest BCUT2D eigenvalue weighted by molar-refractivity contribution is 7.17. The summed E-state index contributed by atoms with van der Waals surface area (Å²) >= 11 is 1.60. The number of nitrogens with one attached hydrogen (secondary N) is 1. The lowest BCUT2D eigenvalue weighted by Gasteiger charge is -2.33. The SMILES string of the molecule is Cc1ccc(C(CNC(=O)c2csc3ccccc23)N2CCOCC2)o1. The molecule has 1 atom stereocenters. The number of hydrogen-bond acceptors (Lipinski definition) is 5. The molecule has 26 heavy (non-hydrogen) atoms. The molecule has 136 valence electrons. The Morgan fingerprint density at radius 1 is 1.23 bits per heavy atom. The van der Waals surface area contributed by atoms with Crippen molar-refractivity contribution < 1.29 is 13.9 Å². The van der Waals surface area contributed by atoms with Gasteiger partial charge in [0.05, 0.1) is 24.8 Å². The van der Waals surface area contributed by atoms with Crippen LogP contribution in [-0.4, -0.2) is 43.7 Å². The van der Waals surface area contributed by atoms with E-state index >= 15 is 0 Å². The van der Waals surface area contributed by atoms with Gasteiger partial charge in [-0.3, -0.25) is 9.69 Å². The number of rotatable bonds is 5. The van der Waals surface area contributed by atoms with Crippen LogP contribution in [0.5, 0.6) is 0 Å². The van der Waals surface area contributed by atoms with E-state index in [1.807, 2.05) is 48.7 Å². The predicted octanol–water partition coefficient (Wildman–Crippen LogP) is 3.61. The van der Waals surface area contributed by atoms with E-state index < -0.39 is 0 Å². The first-order valence-corrected chi connectivity index (χ1v) is 9.73. The number of nitrogens with zero attached hydrogens (tertiary/aromatic N) is 1. The highest BCUT2D eigenvalue weighted by atomic mass is 32.1. The van der Waals surface area contributed by atoms with Gasteiger partial charge in [0.2, 0.25) is 0 Å². The molecule has 2 aromatic heterocycles. The molecule has 1 fully saturated rings. The molecule has 1 saturated heterocycles. The summed E-state index contributed by atoms with van der Waals surface area (Å²) in [4.78, 5) is 15.1. The van der Waals surface area contributed by atoms with E-state index in [0.717, 1.165) is 40.3 Å². The van der Waals surface area contributed by atoms with Crippen LogP contribution in [0.25, 0.3) is 10.1 Å². The van der Waals surface area contributed by atoms with Crippen LogP contribution in [0.2, 0.25) is 0 Å². The molecule has 3 heterocycles. The Morgan fingerprint density at radius 3 is 2.81 bits per heavy atom. The Balaban J connectivity index is 1.51. The van der Waals surface area contributed by atoms with Crippen LogP contribution in [0.4, 0.5) is 0 Å². The topological polar surface area (TPSA) is 54.7 Å². The number of thiophene rings is 1. The number of furan rings is 1. The minimum atomic E-state index is -0.0380. The molecule has 4 rings (SSSR count). The fourth-order valence-electron chi connectivity index (χ4n) is 3.37. The van der Waals surface area contributed by atoms with Crippen molar-refractivity contribution in [2.24, 2.45) is 0 Å². The number of amides is 1. The third-order valence-corrected chi connectivity index (χ3v) is 5.72. The highest BCUT2D eigenvalue weighted by Gasteiger charge is 2.26. The number of morpholine rings is 1. The normalized spacial score (nSPS) is 16.7. The van der Waals surface area contributed by atoms with Crippen molar-refractivity contribution in [1.82, 2.24) is 10.2 Å². The minimum Gasteiger partial charge on any atom is -0.465 e. The molecular formula is C20H22N2O3S. The number of benzene rings is 1. The van der Waals surface area contributed by atoms with Crippen LogP contribution in [0.15, 0.2) is 46.2 Å². The van der Waals surface area contributed by atoms with Crippen molar-refractivity contribution in [3.05, 3.63) is 58.9 Å². The van der Waals surface area contributed by atoms with E-state index in [1.54, 1.807) is 11.3 Å². The first kappa shape index (κ1) is 17.3. The number of aryl methyl sites for hydroxylation is 1. The number of carbonyl (C=O) groups excluding carboxylic acids is 1. The van der Waals surface area contributed by atoms with Crippen LogP contribution in [0.3, 0.4) is 0 Å². The third kappa shape index (κ3) is 3.53. The number of carbonyl (C=O) groups is 1. The van der Waals surface area contributed by atoms with Gasteiger partial charge in [0.25, 0.3) is 5.91 Å². The molecule has 5 nitrogen and oxygen atoms in total. The van der Waals surface area contributed by atoms with Crippen molar-refractivity contribution in [3.63, 3.8) is 0 Å². The third-order valence-electron chi connectivity index (χ3n) is 4.76. The summed E-state index contributed by atoms with van der Waals surface area (Å²) < 4.78 is 12.5. The van der Waals surface area contributed by atoms with Gasteiger partial charge in [-0.15, -0.1) is 11.3 Å². The maximum absolute atomic E-state index is 12.8. The summed E-state index contributed by atoms with van der Waals surface area (Å²) in [5, 5.41) is 6.05. The number of fused-ring (bicyclic) bond motifs is 1. The Bertz CT molecular complexity index is 895. The van der Waals surface area contributed by atoms with Gasteiger partial charge in [-0.25, -0.2) is 0 Å². The monoisotopic (exact) mass is 370 g/mol. The Labute approximate surface area is 156 Å². The summed E-state index contributed by atoms with van der Waals surface area (Å²) in [5.41, 5.74) is 0.738. The molecule has 0 aliphatic carbocycles. The number of hydrogen-bond donors (Lipinski definition) is 1. The predicted molar refractivity (Wildman–Crippen MR) is 103 cm³/mol. The molecule has 1 aromatic carbocycles. The second-order valence-electron chi connectivity index (χ2n) is 6.47. The standard InChI is InChI=1S/C20H22N2O3S/c1-14-6-7-18(25-14)17(22-8-10-24-11-9-22)12-21-20(23)16-13-26-19-5-3-2-4-15(16)19/h2-7,13,17H,8-12H2,1H3,(H,21,23). The van der Waals surface area contributed by atoms with Crippen molar-refractivity contribution in [1.29, 1.82) is 0 Å². The summed E-state index contributed by atoms with van der Waals surface area (Å²) in [6.07, 6.45) is 0. The van der Waals surface area contributed by atoms with Crippen molar-refractivity contribution in [2.45, 2.75) is 13.0 Å². The molecule has 1 N–H and O–H groups in total. The molecule has 1 aliphatic rings. The van der Waals surface area contributed by atoms with Crippen LogP contribution in [0, 0.1) is 6.92 Å². The van der Waals surface area contributed by atoms with Crippen molar-refractivity contribution in [3.8, 4) is 0 Å². The zero-order valence-corrected chi connectivity index (χ0v) is 15.6. The zero-order valence-electron chi connectivity index (χ0n) is 14.7. The Hall–Kier alpha value is -2.15. The molecule has 1 aliphatic heterocycles. The van der Waals surface area contributed by atoms with Gasteiger partial charge in [-0.1, -0.05) is 18.2 Å². The van der Waals surface area contributed by atoms with Crippen LogP contribution in [-0.2, 0) is 4.74 Å². The molecule has 0 saturated carbocycles. The summed E-state index contributed by atoms with van der Waals surface area (Å²) in [7, 11) is 0. The van der Waals surface area contributed by atoms with Gasteiger partial charge < -0.3 is 14.5 Å². The van der Waals surface area contributed by atoms with E-state index in [4.69, 9.17) is 9.15 Å². The summed E-state index contributed by atoms with van der Waals surface area (Å²) in [6.45, 7) is 5.54. The number of ether oxygens (including phenoxy) is 1. The van der Waals surface area contributed by atoms with E-state index in [2.05, 4.69) is 10.2 Å². The minimum absolute atomic E-state index is 0.0152. The molecule has 1 unspecified atom stereocenters. The lowest BCUT2D eigenvalue weighted by molar-refractivity contribution is 0.0117. The smallest absolute Gasteiger partial charge is 0.252 e. The fraction of sp³-hybridized carbons (Fsp3) is 0.350. The molecule has 0 radical (unpaired) electrons. The fourth-order valence-corrected chi connectivity index (χ4v) is 4.31. The van der Waals surface area contributed by atoms with Gasteiger partial charge >= 0.3 is 0 Å². The quantitative estimate of drug-likeness (QED) is 0.745. The summed E-state index contributed by atoms with van der Waals surface area (Å²) in [5.74, 6) is 1.73. The molecule has 6 heteroatoms.